The van der Waals surface area contributed by atoms with Gasteiger partial charge in [-0.2, -0.15) is 4.79 Å². The highest BCUT2D eigenvalue weighted by Crippen LogP contribution is 2.43. The molecule has 0 radical (unpaired) electrons. The molecule has 176 valence electrons. The molecule has 1 fully saturated rings. The molecular formula is C29H38N2O2. The fourth-order valence-electron chi connectivity index (χ4n) is 5.00. The van der Waals surface area contributed by atoms with E-state index in [0.717, 1.165) is 25.7 Å². The fraction of sp³-hybridized carbons (Fsp3) is 0.517. The lowest BCUT2D eigenvalue weighted by atomic mass is 9.65. The highest BCUT2D eigenvalue weighted by Gasteiger charge is 2.42. The maximum atomic E-state index is 13.0. The summed E-state index contributed by atoms with van der Waals surface area (Å²) in [5.41, 5.74) is 13.9. The zero-order valence-electron chi connectivity index (χ0n) is 21.0. The van der Waals surface area contributed by atoms with Crippen LogP contribution in [0, 0.1) is 5.92 Å². The van der Waals surface area contributed by atoms with Gasteiger partial charge in [-0.3, -0.25) is 0 Å². The van der Waals surface area contributed by atoms with Crippen molar-refractivity contribution in [2.45, 2.75) is 90.6 Å². The zero-order valence-corrected chi connectivity index (χ0v) is 21.0. The van der Waals surface area contributed by atoms with E-state index in [4.69, 9.17) is 4.74 Å². The lowest BCUT2D eigenvalue weighted by Gasteiger charge is -2.42. The minimum atomic E-state index is -0.560. The quantitative estimate of drug-likeness (QED) is 0.198. The molecule has 4 nitrogen and oxygen atoms in total. The fourth-order valence-corrected chi connectivity index (χ4v) is 5.00. The van der Waals surface area contributed by atoms with Gasteiger partial charge in [0.1, 0.15) is 6.10 Å². The first kappa shape index (κ1) is 24.9. The molecule has 4 heteroatoms. The van der Waals surface area contributed by atoms with Gasteiger partial charge in [-0.05, 0) is 65.3 Å². The van der Waals surface area contributed by atoms with Crippen LogP contribution in [0.1, 0.15) is 101 Å². The Balaban J connectivity index is 1.92. The number of carbonyl (C=O) groups is 1. The van der Waals surface area contributed by atoms with Crippen molar-refractivity contribution in [3.05, 3.63) is 76.3 Å². The summed E-state index contributed by atoms with van der Waals surface area (Å²) in [4.78, 5) is 16.3. The van der Waals surface area contributed by atoms with Gasteiger partial charge in [0.05, 0.1) is 5.56 Å². The minimum absolute atomic E-state index is 0.0402. The van der Waals surface area contributed by atoms with Crippen LogP contribution >= 0.6 is 0 Å². The van der Waals surface area contributed by atoms with Crippen LogP contribution in [0.4, 0.5) is 0 Å². The predicted octanol–water partition coefficient (Wildman–Crippen LogP) is 7.03. The monoisotopic (exact) mass is 446 g/mol. The summed E-state index contributed by atoms with van der Waals surface area (Å²) in [6.07, 6.45) is 3.78. The highest BCUT2D eigenvalue weighted by molar-refractivity contribution is 6.40. The molecule has 1 aliphatic rings. The Morgan fingerprint density at radius 1 is 0.970 bits per heavy atom. The standard InChI is InChI=1S/C29H38N2O2/c1-19(2)22-16-23(20(3)4)18-24(17-22)29(5,6)25-14-10-11-15-26(25)33-28(32)27(31-30)21-12-8-7-9-13-21/h7-9,12-13,16-20,25-26H,10-11,14-15H2,1-6H3/t25-,26-/m0/s1. The Bertz CT molecular complexity index is 991. The van der Waals surface area contributed by atoms with E-state index in [1.807, 2.05) is 18.2 Å². The van der Waals surface area contributed by atoms with Crippen LogP contribution in [-0.4, -0.2) is 22.6 Å². The second kappa shape index (κ2) is 10.5. The summed E-state index contributed by atoms with van der Waals surface area (Å²) in [5, 5.41) is 0. The summed E-state index contributed by atoms with van der Waals surface area (Å²) < 4.78 is 6.04. The number of hydrogen-bond acceptors (Lipinski definition) is 2. The number of nitrogens with zero attached hydrogens (tertiary/aromatic N) is 2. The van der Waals surface area contributed by atoms with Crippen LogP contribution in [0.15, 0.2) is 48.5 Å². The van der Waals surface area contributed by atoms with Crippen LogP contribution in [0.5, 0.6) is 0 Å². The molecule has 0 aliphatic heterocycles. The van der Waals surface area contributed by atoms with Crippen molar-refractivity contribution in [3.8, 4) is 0 Å². The van der Waals surface area contributed by atoms with Gasteiger partial charge >= 0.3 is 11.7 Å². The van der Waals surface area contributed by atoms with Gasteiger partial charge in [0, 0.05) is 5.92 Å². The van der Waals surface area contributed by atoms with Crippen molar-refractivity contribution >= 4 is 11.7 Å². The number of esters is 1. The van der Waals surface area contributed by atoms with E-state index in [1.165, 1.54) is 16.7 Å². The Labute approximate surface area is 199 Å². The van der Waals surface area contributed by atoms with Gasteiger partial charge in [0.25, 0.3) is 0 Å². The Hall–Kier alpha value is -2.71. The molecule has 0 saturated heterocycles. The van der Waals surface area contributed by atoms with Gasteiger partial charge in [0.2, 0.25) is 0 Å². The van der Waals surface area contributed by atoms with Crippen LogP contribution in [0.3, 0.4) is 0 Å². The SMILES string of the molecule is CC(C)c1cc(C(C)C)cc(C(C)(C)[C@H]2CCCC[C@@H]2OC(=O)C(=[N+]=[N-])c2ccccc2)c1. The van der Waals surface area contributed by atoms with E-state index < -0.39 is 5.97 Å². The van der Waals surface area contributed by atoms with E-state index in [1.54, 1.807) is 12.1 Å². The molecular weight excluding hydrogens is 408 g/mol. The number of hydrogen-bond donors (Lipinski definition) is 0. The molecule has 0 bridgehead atoms. The molecule has 1 aliphatic carbocycles. The highest BCUT2D eigenvalue weighted by atomic mass is 16.5. The van der Waals surface area contributed by atoms with Gasteiger partial charge in [-0.25, -0.2) is 4.79 Å². The molecule has 2 aromatic rings. The number of benzene rings is 2. The lowest BCUT2D eigenvalue weighted by molar-refractivity contribution is -0.151. The lowest BCUT2D eigenvalue weighted by Crippen LogP contribution is -2.43. The van der Waals surface area contributed by atoms with Crippen LogP contribution < -0.4 is 0 Å². The topological polar surface area (TPSA) is 62.7 Å². The smallest absolute Gasteiger partial charge is 0.422 e. The van der Waals surface area contributed by atoms with E-state index in [2.05, 4.69) is 64.5 Å². The van der Waals surface area contributed by atoms with Crippen molar-refractivity contribution in [3.63, 3.8) is 0 Å². The van der Waals surface area contributed by atoms with Gasteiger partial charge in [-0.1, -0.05) is 84.4 Å². The second-order valence-electron chi connectivity index (χ2n) is 10.6. The van der Waals surface area contributed by atoms with Crippen molar-refractivity contribution in [2.24, 2.45) is 5.92 Å². The van der Waals surface area contributed by atoms with Crippen LogP contribution in [0.2, 0.25) is 0 Å². The largest absolute Gasteiger partial charge is 0.453 e. The molecule has 0 aromatic heterocycles. The summed E-state index contributed by atoms with van der Waals surface area (Å²) in [5.74, 6) is 0.531. The second-order valence-corrected chi connectivity index (χ2v) is 10.6. The molecule has 2 aromatic carbocycles. The summed E-state index contributed by atoms with van der Waals surface area (Å²) in [6, 6.07) is 16.0. The molecule has 3 rings (SSSR count). The number of carbonyl (C=O) groups excluding carboxylic acids is 1. The molecule has 33 heavy (non-hydrogen) atoms. The van der Waals surface area contributed by atoms with Gasteiger partial charge in [-0.15, -0.1) is 0 Å². The first-order chi connectivity index (χ1) is 15.6. The van der Waals surface area contributed by atoms with E-state index >= 15 is 0 Å². The Morgan fingerprint density at radius 3 is 2.09 bits per heavy atom. The van der Waals surface area contributed by atoms with Gasteiger partial charge in [0.15, 0.2) is 0 Å². The molecule has 0 N–H and O–H groups in total. The third-order valence-electron chi connectivity index (χ3n) is 7.28. The third-order valence-corrected chi connectivity index (χ3v) is 7.28. The van der Waals surface area contributed by atoms with Crippen LogP contribution in [0.25, 0.3) is 5.53 Å². The van der Waals surface area contributed by atoms with Crippen molar-refractivity contribution < 1.29 is 14.3 Å². The number of ether oxygens (including phenoxy) is 1. The molecule has 0 spiro atoms. The van der Waals surface area contributed by atoms with E-state index in [0.29, 0.717) is 17.4 Å². The molecule has 0 unspecified atom stereocenters. The Kier molecular flexibility index (Phi) is 7.92. The van der Waals surface area contributed by atoms with Gasteiger partial charge < -0.3 is 10.3 Å². The van der Waals surface area contributed by atoms with Crippen molar-refractivity contribution in [1.29, 1.82) is 0 Å². The summed E-state index contributed by atoms with van der Waals surface area (Å²) >= 11 is 0. The maximum Gasteiger partial charge on any atom is 0.422 e. The third kappa shape index (κ3) is 5.62. The summed E-state index contributed by atoms with van der Waals surface area (Å²) in [6.45, 7) is 13.5. The molecule has 0 amide bonds. The van der Waals surface area contributed by atoms with Crippen molar-refractivity contribution in [2.75, 3.05) is 0 Å². The van der Waals surface area contributed by atoms with E-state index in [9.17, 15) is 10.3 Å². The summed E-state index contributed by atoms with van der Waals surface area (Å²) in [7, 11) is 0. The molecule has 1 saturated carbocycles. The maximum absolute atomic E-state index is 13.0. The van der Waals surface area contributed by atoms with Crippen molar-refractivity contribution in [1.82, 2.24) is 0 Å². The van der Waals surface area contributed by atoms with E-state index in [-0.39, 0.29) is 23.1 Å². The van der Waals surface area contributed by atoms with Crippen LogP contribution in [-0.2, 0) is 14.9 Å². The predicted molar refractivity (Wildman–Crippen MR) is 134 cm³/mol. The normalized spacial score (nSPS) is 18.8. The number of rotatable bonds is 7. The average molecular weight is 447 g/mol. The first-order valence-electron chi connectivity index (χ1n) is 12.3. The average Bonchev–Trinajstić information content (AvgIpc) is 2.80. The Morgan fingerprint density at radius 2 is 1.55 bits per heavy atom. The zero-order chi connectivity index (χ0) is 24.2. The molecule has 2 atom stereocenters. The first-order valence-corrected chi connectivity index (χ1v) is 12.3. The minimum Gasteiger partial charge on any atom is -0.453 e. The molecule has 0 heterocycles.